The fourth-order valence-corrected chi connectivity index (χ4v) is 5.19. The Morgan fingerprint density at radius 3 is 2.61 bits per heavy atom. The Morgan fingerprint density at radius 1 is 1.00 bits per heavy atom. The summed E-state index contributed by atoms with van der Waals surface area (Å²) in [5.74, 6) is 1.86. The summed E-state index contributed by atoms with van der Waals surface area (Å²) in [7, 11) is 1.66. The van der Waals surface area contributed by atoms with Crippen molar-refractivity contribution in [3.8, 4) is 17.2 Å². The van der Waals surface area contributed by atoms with Crippen molar-refractivity contribution in [3.63, 3.8) is 0 Å². The maximum Gasteiger partial charge on any atom is 0.302 e. The first-order chi connectivity index (χ1) is 21.5. The zero-order valence-corrected chi connectivity index (χ0v) is 25.1. The molecule has 10 nitrogen and oxygen atoms in total. The molecule has 2 heterocycles. The average molecular weight is 602 g/mol. The molecule has 1 aliphatic heterocycles. The number of amides is 1. The Morgan fingerprint density at radius 2 is 1.82 bits per heavy atom. The van der Waals surface area contributed by atoms with Gasteiger partial charge in [-0.15, -0.1) is 0 Å². The molecule has 0 spiro atoms. The van der Waals surface area contributed by atoms with Crippen LogP contribution in [0.2, 0.25) is 0 Å². The van der Waals surface area contributed by atoms with E-state index in [1.165, 1.54) is 6.92 Å². The van der Waals surface area contributed by atoms with Crippen molar-refractivity contribution >= 4 is 22.8 Å². The molecule has 4 aromatic rings. The minimum absolute atomic E-state index is 0.0717. The van der Waals surface area contributed by atoms with Gasteiger partial charge in [0.2, 0.25) is 5.91 Å². The van der Waals surface area contributed by atoms with Gasteiger partial charge >= 0.3 is 5.97 Å². The van der Waals surface area contributed by atoms with Crippen LogP contribution in [0.4, 0.5) is 0 Å². The smallest absolute Gasteiger partial charge is 0.302 e. The second-order valence-electron chi connectivity index (χ2n) is 10.5. The van der Waals surface area contributed by atoms with E-state index in [0.29, 0.717) is 38.7 Å². The zero-order chi connectivity index (χ0) is 30.7. The summed E-state index contributed by atoms with van der Waals surface area (Å²) < 4.78 is 30.8. The van der Waals surface area contributed by atoms with Gasteiger partial charge in [-0.05, 0) is 47.3 Å². The summed E-state index contributed by atoms with van der Waals surface area (Å²) in [6, 6.07) is 23.3. The molecular weight excluding hydrogens is 562 g/mol. The number of rotatable bonds is 15. The van der Waals surface area contributed by atoms with Gasteiger partial charge in [-0.1, -0.05) is 30.3 Å². The van der Waals surface area contributed by atoms with Gasteiger partial charge in [-0.25, -0.2) is 0 Å². The lowest BCUT2D eigenvalue weighted by molar-refractivity contribution is -0.141. The summed E-state index contributed by atoms with van der Waals surface area (Å²) in [5, 5.41) is 7.30. The number of fused-ring (bicyclic) bond motifs is 1. The van der Waals surface area contributed by atoms with Crippen molar-refractivity contribution in [2.75, 3.05) is 40.0 Å². The lowest BCUT2D eigenvalue weighted by Gasteiger charge is -2.32. The maximum atomic E-state index is 12.2. The number of methoxy groups -OCH3 is 1. The molecule has 1 amide bonds. The fourth-order valence-electron chi connectivity index (χ4n) is 5.19. The maximum absolute atomic E-state index is 12.2. The van der Waals surface area contributed by atoms with Crippen LogP contribution in [0, 0.1) is 0 Å². The Bertz CT molecular complexity index is 1540. The van der Waals surface area contributed by atoms with Crippen LogP contribution in [0.15, 0.2) is 79.0 Å². The Hall–Kier alpha value is -4.54. The number of carbonyl (C=O) groups excluding carboxylic acids is 2. The first-order valence-electron chi connectivity index (χ1n) is 14.8. The second-order valence-corrected chi connectivity index (χ2v) is 10.5. The van der Waals surface area contributed by atoms with Crippen molar-refractivity contribution in [2.45, 2.75) is 38.6 Å². The molecule has 1 fully saturated rings. The highest BCUT2D eigenvalue weighted by molar-refractivity contribution is 5.82. The van der Waals surface area contributed by atoms with Crippen LogP contribution in [0.25, 0.3) is 10.9 Å². The molecule has 232 valence electrons. The molecule has 2 unspecified atom stereocenters. The van der Waals surface area contributed by atoms with Crippen LogP contribution in [0.1, 0.15) is 30.6 Å². The van der Waals surface area contributed by atoms with Gasteiger partial charge in [0.1, 0.15) is 30.0 Å². The third-order valence-corrected chi connectivity index (χ3v) is 7.37. The molecule has 5 rings (SSSR count). The van der Waals surface area contributed by atoms with Gasteiger partial charge in [-0.2, -0.15) is 0 Å². The van der Waals surface area contributed by atoms with Gasteiger partial charge in [0.25, 0.3) is 0 Å². The molecule has 44 heavy (non-hydrogen) atoms. The minimum atomic E-state index is -0.439. The minimum Gasteiger partial charge on any atom is -0.496 e. The highest BCUT2D eigenvalue weighted by atomic mass is 16.5. The number of carbonyl (C=O) groups is 2. The first-order valence-corrected chi connectivity index (χ1v) is 14.8. The van der Waals surface area contributed by atoms with Crippen LogP contribution in [0.3, 0.4) is 0 Å². The predicted molar refractivity (Wildman–Crippen MR) is 166 cm³/mol. The number of ether oxygens (including phenoxy) is 5. The van der Waals surface area contributed by atoms with E-state index in [9.17, 15) is 9.59 Å². The Balaban J connectivity index is 1.20. The Labute approximate surface area is 257 Å². The quantitative estimate of drug-likeness (QED) is 0.152. The van der Waals surface area contributed by atoms with E-state index in [-0.39, 0.29) is 31.1 Å². The van der Waals surface area contributed by atoms with Crippen molar-refractivity contribution in [3.05, 3.63) is 90.1 Å². The monoisotopic (exact) mass is 601 g/mol. The third-order valence-electron chi connectivity index (χ3n) is 7.37. The summed E-state index contributed by atoms with van der Waals surface area (Å²) in [6.07, 6.45) is 2.27. The molecule has 2 atom stereocenters. The number of piperazine rings is 1. The van der Waals surface area contributed by atoms with E-state index in [1.807, 2.05) is 83.6 Å². The lowest BCUT2D eigenvalue weighted by Crippen LogP contribution is -2.55. The van der Waals surface area contributed by atoms with Crippen LogP contribution >= 0.6 is 0 Å². The van der Waals surface area contributed by atoms with E-state index in [2.05, 4.69) is 10.6 Å². The fraction of sp³-hybridized carbons (Fsp3) is 0.353. The molecule has 3 aromatic carbocycles. The molecule has 0 aliphatic carbocycles. The van der Waals surface area contributed by atoms with Crippen LogP contribution in [-0.2, 0) is 32.2 Å². The lowest BCUT2D eigenvalue weighted by atomic mass is 10.00. The van der Waals surface area contributed by atoms with Gasteiger partial charge in [0.05, 0.1) is 51.6 Å². The number of hydrogen-bond donors (Lipinski definition) is 2. The predicted octanol–water partition coefficient (Wildman–Crippen LogP) is 4.41. The zero-order valence-electron chi connectivity index (χ0n) is 25.1. The number of aromatic nitrogens is 1. The number of benzene rings is 3. The molecule has 0 radical (unpaired) electrons. The first kappa shape index (κ1) is 30.9. The molecular formula is C34H39N3O7. The number of nitrogens with one attached hydrogen (secondary N) is 2. The van der Waals surface area contributed by atoms with Gasteiger partial charge in [-0.3, -0.25) is 9.59 Å². The SMILES string of the molecule is COc1ccccc1COCCCOc1ccc(C(Oc2ccc3ccn(CCOC(C)=O)c3c2)C2CNCC(=O)N2)cc1. The molecule has 0 saturated carbocycles. The van der Waals surface area contributed by atoms with E-state index in [4.69, 9.17) is 23.7 Å². The summed E-state index contributed by atoms with van der Waals surface area (Å²) in [4.78, 5) is 23.4. The molecule has 1 aliphatic rings. The van der Waals surface area contributed by atoms with Crippen molar-refractivity contribution in [1.82, 2.24) is 15.2 Å². The van der Waals surface area contributed by atoms with E-state index in [0.717, 1.165) is 39.9 Å². The van der Waals surface area contributed by atoms with Gasteiger partial charge < -0.3 is 38.9 Å². The largest absolute Gasteiger partial charge is 0.496 e. The Kier molecular flexibility index (Phi) is 10.7. The van der Waals surface area contributed by atoms with E-state index >= 15 is 0 Å². The number of para-hydroxylation sites is 1. The van der Waals surface area contributed by atoms with Gasteiger partial charge in [0, 0.05) is 37.7 Å². The number of nitrogens with zero attached hydrogens (tertiary/aromatic N) is 1. The molecule has 10 heteroatoms. The van der Waals surface area contributed by atoms with E-state index < -0.39 is 6.10 Å². The summed E-state index contributed by atoms with van der Waals surface area (Å²) in [5.41, 5.74) is 2.90. The summed E-state index contributed by atoms with van der Waals surface area (Å²) in [6.45, 7) is 4.65. The second kappa shape index (κ2) is 15.3. The van der Waals surface area contributed by atoms with Crippen molar-refractivity contribution in [1.29, 1.82) is 0 Å². The highest BCUT2D eigenvalue weighted by Gasteiger charge is 2.29. The highest BCUT2D eigenvalue weighted by Crippen LogP contribution is 2.30. The average Bonchev–Trinajstić information content (AvgIpc) is 3.44. The molecule has 0 bridgehead atoms. The normalized spacial score (nSPS) is 15.4. The molecule has 1 saturated heterocycles. The van der Waals surface area contributed by atoms with Crippen LogP contribution < -0.4 is 24.8 Å². The van der Waals surface area contributed by atoms with Crippen LogP contribution in [-0.4, -0.2) is 62.5 Å². The number of esters is 1. The molecule has 1 aromatic heterocycles. The van der Waals surface area contributed by atoms with Crippen molar-refractivity contribution < 1.29 is 33.3 Å². The number of hydrogen-bond acceptors (Lipinski definition) is 8. The van der Waals surface area contributed by atoms with Gasteiger partial charge in [0.15, 0.2) is 0 Å². The topological polar surface area (TPSA) is 109 Å². The van der Waals surface area contributed by atoms with E-state index in [1.54, 1.807) is 7.11 Å². The standard InChI is InChI=1S/C34H39N3O7/c1-24(38)42-19-16-37-15-14-25-8-13-29(20-31(25)37)44-34(30-21-35-22-33(39)36-30)26-9-11-28(12-10-26)43-18-5-17-41-23-27-6-3-4-7-32(27)40-2/h3-4,6-15,20,30,34-35H,5,16-19,21-23H2,1-2H3,(H,36,39). The summed E-state index contributed by atoms with van der Waals surface area (Å²) >= 11 is 0. The van der Waals surface area contributed by atoms with Crippen molar-refractivity contribution in [2.24, 2.45) is 0 Å². The third kappa shape index (κ3) is 8.30. The van der Waals surface area contributed by atoms with Crippen LogP contribution in [0.5, 0.6) is 17.2 Å². The molecule has 2 N–H and O–H groups in total.